The molecule has 1 fully saturated rings. The van der Waals surface area contributed by atoms with Gasteiger partial charge in [-0.15, -0.1) is 5.10 Å². The first-order valence-electron chi connectivity index (χ1n) is 6.95. The van der Waals surface area contributed by atoms with Gasteiger partial charge in [-0.1, -0.05) is 6.92 Å². The average molecular weight is 257 g/mol. The highest BCUT2D eigenvalue weighted by Gasteiger charge is 2.20. The van der Waals surface area contributed by atoms with Crippen molar-refractivity contribution in [2.24, 2.45) is 0 Å². The van der Waals surface area contributed by atoms with Crippen molar-refractivity contribution in [3.05, 3.63) is 36.0 Å². The summed E-state index contributed by atoms with van der Waals surface area (Å²) in [5.41, 5.74) is 0.993. The zero-order valence-electron chi connectivity index (χ0n) is 11.2. The Morgan fingerprint density at radius 3 is 2.89 bits per heavy atom. The van der Waals surface area contributed by atoms with Crippen molar-refractivity contribution in [3.8, 4) is 5.82 Å². The molecule has 0 bridgehead atoms. The largest absolute Gasteiger partial charge is 0.308 e. The molecule has 0 spiro atoms. The predicted molar refractivity (Wildman–Crippen MR) is 73.0 cm³/mol. The zero-order valence-corrected chi connectivity index (χ0v) is 11.2. The van der Waals surface area contributed by atoms with Gasteiger partial charge < -0.3 is 5.32 Å². The smallest absolute Gasteiger partial charge is 0.160 e. The van der Waals surface area contributed by atoms with Crippen molar-refractivity contribution in [3.63, 3.8) is 0 Å². The van der Waals surface area contributed by atoms with E-state index in [2.05, 4.69) is 27.4 Å². The van der Waals surface area contributed by atoms with Crippen molar-refractivity contribution < 1.29 is 0 Å². The van der Waals surface area contributed by atoms with Gasteiger partial charge in [-0.25, -0.2) is 4.98 Å². The molecular formula is C14H19N5. The van der Waals surface area contributed by atoms with Crippen molar-refractivity contribution in [1.82, 2.24) is 25.1 Å². The lowest BCUT2D eigenvalue weighted by atomic mass is 10.3. The van der Waals surface area contributed by atoms with E-state index in [1.807, 2.05) is 29.1 Å². The number of nitrogens with one attached hydrogen (secondary N) is 1. The van der Waals surface area contributed by atoms with Gasteiger partial charge in [0, 0.05) is 31.4 Å². The molecule has 1 aliphatic rings. The molecule has 0 aliphatic heterocycles. The van der Waals surface area contributed by atoms with Gasteiger partial charge in [0.15, 0.2) is 5.82 Å². The van der Waals surface area contributed by atoms with Crippen LogP contribution in [0.3, 0.4) is 0 Å². The van der Waals surface area contributed by atoms with Gasteiger partial charge in [-0.3, -0.25) is 4.57 Å². The summed E-state index contributed by atoms with van der Waals surface area (Å²) >= 11 is 0. The van der Waals surface area contributed by atoms with E-state index in [0.29, 0.717) is 6.04 Å². The zero-order chi connectivity index (χ0) is 13.1. The van der Waals surface area contributed by atoms with E-state index in [1.165, 1.54) is 12.8 Å². The molecule has 2 aromatic rings. The Morgan fingerprint density at radius 1 is 1.32 bits per heavy atom. The monoisotopic (exact) mass is 257 g/mol. The molecule has 0 saturated heterocycles. The Labute approximate surface area is 113 Å². The highest BCUT2D eigenvalue weighted by molar-refractivity contribution is 5.24. The van der Waals surface area contributed by atoms with Crippen LogP contribution in [0.25, 0.3) is 5.82 Å². The minimum atomic E-state index is 0.700. The molecular weight excluding hydrogens is 238 g/mol. The molecule has 2 heterocycles. The van der Waals surface area contributed by atoms with E-state index in [9.17, 15) is 0 Å². The second-order valence-electron chi connectivity index (χ2n) is 5.00. The van der Waals surface area contributed by atoms with E-state index >= 15 is 0 Å². The fraction of sp³-hybridized carbons (Fsp3) is 0.500. The normalized spacial score (nSPS) is 14.8. The lowest BCUT2D eigenvalue weighted by Crippen LogP contribution is -2.16. The van der Waals surface area contributed by atoms with Crippen LogP contribution in [0.15, 0.2) is 24.5 Å². The maximum Gasteiger partial charge on any atom is 0.160 e. The quantitative estimate of drug-likeness (QED) is 0.858. The molecule has 5 nitrogen and oxygen atoms in total. The number of nitrogens with zero attached hydrogens (tertiary/aromatic N) is 4. The van der Waals surface area contributed by atoms with E-state index in [-0.39, 0.29) is 0 Å². The second-order valence-corrected chi connectivity index (χ2v) is 5.00. The summed E-state index contributed by atoms with van der Waals surface area (Å²) in [6.07, 6.45) is 8.38. The van der Waals surface area contributed by atoms with Gasteiger partial charge in [0.05, 0.1) is 5.69 Å². The highest BCUT2D eigenvalue weighted by Crippen LogP contribution is 2.19. The molecule has 0 amide bonds. The predicted octanol–water partition coefficient (Wildman–Crippen LogP) is 1.87. The Morgan fingerprint density at radius 2 is 2.21 bits per heavy atom. The first-order valence-corrected chi connectivity index (χ1v) is 6.95. The van der Waals surface area contributed by atoms with E-state index in [4.69, 9.17) is 0 Å². The lowest BCUT2D eigenvalue weighted by Gasteiger charge is -2.06. The summed E-state index contributed by atoms with van der Waals surface area (Å²) in [5.74, 6) is 1.89. The third-order valence-corrected chi connectivity index (χ3v) is 3.29. The molecule has 1 saturated carbocycles. The van der Waals surface area contributed by atoms with Gasteiger partial charge >= 0.3 is 0 Å². The molecule has 5 heteroatoms. The molecule has 0 aromatic carbocycles. The van der Waals surface area contributed by atoms with Crippen LogP contribution >= 0.6 is 0 Å². The minimum Gasteiger partial charge on any atom is -0.308 e. The van der Waals surface area contributed by atoms with Crippen LogP contribution in [0.1, 0.15) is 37.7 Å². The number of imidazole rings is 1. The topological polar surface area (TPSA) is 55.6 Å². The maximum atomic E-state index is 4.36. The van der Waals surface area contributed by atoms with Crippen LogP contribution in [0, 0.1) is 0 Å². The van der Waals surface area contributed by atoms with Crippen LogP contribution < -0.4 is 5.32 Å². The van der Waals surface area contributed by atoms with Gasteiger partial charge in [0.1, 0.15) is 5.82 Å². The van der Waals surface area contributed by atoms with E-state index in [1.54, 1.807) is 0 Å². The fourth-order valence-corrected chi connectivity index (χ4v) is 2.06. The van der Waals surface area contributed by atoms with Crippen LogP contribution in [0.4, 0.5) is 0 Å². The Hall–Kier alpha value is -1.75. The Kier molecular flexibility index (Phi) is 3.55. The molecule has 1 N–H and O–H groups in total. The number of aromatic nitrogens is 4. The Balaban J connectivity index is 1.71. The minimum absolute atomic E-state index is 0.700. The summed E-state index contributed by atoms with van der Waals surface area (Å²) in [4.78, 5) is 4.36. The summed E-state index contributed by atoms with van der Waals surface area (Å²) < 4.78 is 2.01. The molecule has 19 heavy (non-hydrogen) atoms. The van der Waals surface area contributed by atoms with Crippen LogP contribution in [0.5, 0.6) is 0 Å². The van der Waals surface area contributed by atoms with Gasteiger partial charge in [-0.05, 0) is 31.4 Å². The molecule has 3 rings (SSSR count). The average Bonchev–Trinajstić information content (AvgIpc) is 3.16. The maximum absolute atomic E-state index is 4.36. The molecule has 0 radical (unpaired) electrons. The molecule has 100 valence electrons. The fourth-order valence-electron chi connectivity index (χ4n) is 2.06. The summed E-state index contributed by atoms with van der Waals surface area (Å²) in [6, 6.07) is 4.75. The summed E-state index contributed by atoms with van der Waals surface area (Å²) in [5, 5.41) is 12.0. The third-order valence-electron chi connectivity index (χ3n) is 3.29. The van der Waals surface area contributed by atoms with Crippen LogP contribution in [-0.2, 0) is 13.0 Å². The number of aryl methyl sites for hydroxylation is 1. The van der Waals surface area contributed by atoms with Crippen LogP contribution in [0.2, 0.25) is 0 Å². The van der Waals surface area contributed by atoms with Crippen molar-refractivity contribution in [2.75, 3.05) is 0 Å². The van der Waals surface area contributed by atoms with Crippen molar-refractivity contribution in [2.45, 2.75) is 45.2 Å². The highest BCUT2D eigenvalue weighted by atomic mass is 15.2. The van der Waals surface area contributed by atoms with Gasteiger partial charge in [0.25, 0.3) is 0 Å². The summed E-state index contributed by atoms with van der Waals surface area (Å²) in [7, 11) is 0. The summed E-state index contributed by atoms with van der Waals surface area (Å²) in [6.45, 7) is 2.96. The molecule has 2 aromatic heterocycles. The first kappa shape index (κ1) is 12.3. The van der Waals surface area contributed by atoms with Gasteiger partial charge in [0.2, 0.25) is 0 Å². The van der Waals surface area contributed by atoms with E-state index in [0.717, 1.165) is 36.7 Å². The molecule has 1 aliphatic carbocycles. The third kappa shape index (κ3) is 2.98. The molecule has 0 atom stereocenters. The second kappa shape index (κ2) is 5.48. The molecule has 0 unspecified atom stereocenters. The van der Waals surface area contributed by atoms with Crippen molar-refractivity contribution in [1.29, 1.82) is 0 Å². The first-order chi connectivity index (χ1) is 9.36. The standard InChI is InChI=1S/C14H19N5/c1-2-3-13-15-8-9-19(13)14-7-6-12(17-18-14)10-16-11-4-5-11/h6-9,11,16H,2-5,10H2,1H3. The van der Waals surface area contributed by atoms with Gasteiger partial charge in [-0.2, -0.15) is 5.10 Å². The van der Waals surface area contributed by atoms with E-state index < -0.39 is 0 Å². The number of hydrogen-bond acceptors (Lipinski definition) is 4. The van der Waals surface area contributed by atoms with Crippen molar-refractivity contribution >= 4 is 0 Å². The number of rotatable bonds is 6. The Bertz CT molecular complexity index is 527. The van der Waals surface area contributed by atoms with Crippen LogP contribution in [-0.4, -0.2) is 25.8 Å². The number of hydrogen-bond donors (Lipinski definition) is 1. The SMILES string of the molecule is CCCc1nccn1-c1ccc(CNC2CC2)nn1. The lowest BCUT2D eigenvalue weighted by molar-refractivity contribution is 0.662.